The summed E-state index contributed by atoms with van der Waals surface area (Å²) in [6.45, 7) is 5.34. The Balaban J connectivity index is 1.87. The number of benzene rings is 2. The summed E-state index contributed by atoms with van der Waals surface area (Å²) in [5, 5.41) is 11.2. The topological polar surface area (TPSA) is 109 Å². The molecule has 0 unspecified atom stereocenters. The van der Waals surface area contributed by atoms with Crippen LogP contribution in [0.2, 0.25) is 0 Å². The van der Waals surface area contributed by atoms with E-state index in [0.29, 0.717) is 30.0 Å². The minimum atomic E-state index is -0.419. The molecule has 0 spiro atoms. The Kier molecular flexibility index (Phi) is 11.1. The average molecular weight is 507 g/mol. The van der Waals surface area contributed by atoms with Crippen molar-refractivity contribution in [2.45, 2.75) is 64.8 Å². The molecular formula is C30H42N4O3. The smallest absolute Gasteiger partial charge is 0.337 e. The Morgan fingerprint density at radius 2 is 1.76 bits per heavy atom. The van der Waals surface area contributed by atoms with E-state index in [1.807, 2.05) is 35.2 Å². The summed E-state index contributed by atoms with van der Waals surface area (Å²) in [6.07, 6.45) is 8.23. The number of rotatable bonds is 13. The van der Waals surface area contributed by atoms with E-state index in [4.69, 9.17) is 15.9 Å². The van der Waals surface area contributed by atoms with Gasteiger partial charge < -0.3 is 20.7 Å². The van der Waals surface area contributed by atoms with Gasteiger partial charge in [-0.3, -0.25) is 10.2 Å². The van der Waals surface area contributed by atoms with Crippen LogP contribution < -0.4 is 11.1 Å². The summed E-state index contributed by atoms with van der Waals surface area (Å²) in [4.78, 5) is 27.9. The molecule has 1 amide bonds. The fraction of sp³-hybridized carbons (Fsp3) is 0.500. The van der Waals surface area contributed by atoms with Crippen LogP contribution in [0.3, 0.4) is 0 Å². The highest BCUT2D eigenvalue weighted by molar-refractivity contribution is 5.96. The molecule has 0 aliphatic carbocycles. The summed E-state index contributed by atoms with van der Waals surface area (Å²) in [7, 11) is 1.37. The number of nitrogens with zero attached hydrogens (tertiary/aromatic N) is 1. The van der Waals surface area contributed by atoms with Crippen molar-refractivity contribution < 1.29 is 14.3 Å². The lowest BCUT2D eigenvalue weighted by molar-refractivity contribution is -0.132. The molecule has 1 fully saturated rings. The van der Waals surface area contributed by atoms with Crippen LogP contribution in [0.25, 0.3) is 11.1 Å². The number of methoxy groups -OCH3 is 1. The van der Waals surface area contributed by atoms with Crippen LogP contribution in [0.4, 0.5) is 0 Å². The van der Waals surface area contributed by atoms with Gasteiger partial charge in [0.1, 0.15) is 5.84 Å². The SMILES string of the molecule is CCCCCCCC(=O)N(Cc1cc(C(=O)OC)cc(-c2cccc(C(=N)N)c2)c1)CC1CCNCC1. The van der Waals surface area contributed by atoms with E-state index < -0.39 is 5.97 Å². The van der Waals surface area contributed by atoms with Gasteiger partial charge in [0.05, 0.1) is 12.7 Å². The van der Waals surface area contributed by atoms with Crippen molar-refractivity contribution in [2.24, 2.45) is 11.7 Å². The highest BCUT2D eigenvalue weighted by Crippen LogP contribution is 2.26. The average Bonchev–Trinajstić information content (AvgIpc) is 2.92. The lowest BCUT2D eigenvalue weighted by Gasteiger charge is -2.30. The lowest BCUT2D eigenvalue weighted by Crippen LogP contribution is -2.39. The molecule has 2 aromatic carbocycles. The number of ether oxygens (including phenoxy) is 1. The first kappa shape index (κ1) is 28.4. The molecule has 1 aliphatic rings. The van der Waals surface area contributed by atoms with Gasteiger partial charge in [0.2, 0.25) is 5.91 Å². The first-order chi connectivity index (χ1) is 17.9. The van der Waals surface area contributed by atoms with Crippen LogP contribution in [0, 0.1) is 11.3 Å². The number of amides is 1. The van der Waals surface area contributed by atoms with Gasteiger partial charge in [0.25, 0.3) is 0 Å². The molecule has 0 bridgehead atoms. The van der Waals surface area contributed by atoms with Crippen LogP contribution >= 0.6 is 0 Å². The molecule has 0 saturated carbocycles. The zero-order valence-corrected chi connectivity index (χ0v) is 22.4. The van der Waals surface area contributed by atoms with Crippen molar-refractivity contribution >= 4 is 17.7 Å². The fourth-order valence-corrected chi connectivity index (χ4v) is 4.94. The molecular weight excluding hydrogens is 464 g/mol. The molecule has 7 heteroatoms. The summed E-state index contributed by atoms with van der Waals surface area (Å²) < 4.78 is 5.02. The first-order valence-electron chi connectivity index (χ1n) is 13.6. The molecule has 2 aromatic rings. The third-order valence-corrected chi connectivity index (χ3v) is 7.08. The second-order valence-corrected chi connectivity index (χ2v) is 10.0. The van der Waals surface area contributed by atoms with Crippen LogP contribution in [0.15, 0.2) is 42.5 Å². The van der Waals surface area contributed by atoms with Gasteiger partial charge in [0, 0.05) is 25.1 Å². The molecule has 0 atom stereocenters. The monoisotopic (exact) mass is 506 g/mol. The fourth-order valence-electron chi connectivity index (χ4n) is 4.94. The van der Waals surface area contributed by atoms with E-state index in [-0.39, 0.29) is 11.7 Å². The summed E-state index contributed by atoms with van der Waals surface area (Å²) in [6, 6.07) is 13.1. The van der Waals surface area contributed by atoms with Crippen molar-refractivity contribution in [1.29, 1.82) is 5.41 Å². The van der Waals surface area contributed by atoms with E-state index in [9.17, 15) is 9.59 Å². The minimum absolute atomic E-state index is 0.0103. The Bertz CT molecular complexity index is 1060. The molecule has 0 radical (unpaired) electrons. The Morgan fingerprint density at radius 3 is 2.46 bits per heavy atom. The first-order valence-corrected chi connectivity index (χ1v) is 13.6. The second-order valence-electron chi connectivity index (χ2n) is 10.0. The van der Waals surface area contributed by atoms with Gasteiger partial charge in [-0.25, -0.2) is 4.79 Å². The van der Waals surface area contributed by atoms with E-state index in [1.54, 1.807) is 12.1 Å². The maximum absolute atomic E-state index is 13.4. The molecule has 1 aliphatic heterocycles. The van der Waals surface area contributed by atoms with Crippen LogP contribution in [-0.2, 0) is 16.1 Å². The highest BCUT2D eigenvalue weighted by atomic mass is 16.5. The van der Waals surface area contributed by atoms with Crippen molar-refractivity contribution in [3.8, 4) is 11.1 Å². The van der Waals surface area contributed by atoms with Gasteiger partial charge in [-0.1, -0.05) is 50.8 Å². The Labute approximate surface area is 221 Å². The third kappa shape index (κ3) is 8.71. The highest BCUT2D eigenvalue weighted by Gasteiger charge is 2.22. The maximum atomic E-state index is 13.4. The van der Waals surface area contributed by atoms with Crippen LogP contribution in [0.5, 0.6) is 0 Å². The van der Waals surface area contributed by atoms with Crippen molar-refractivity contribution in [3.05, 3.63) is 59.2 Å². The number of piperidine rings is 1. The number of nitrogens with one attached hydrogen (secondary N) is 2. The zero-order valence-electron chi connectivity index (χ0n) is 22.4. The van der Waals surface area contributed by atoms with Gasteiger partial charge >= 0.3 is 5.97 Å². The predicted octanol–water partition coefficient (Wildman–Crippen LogP) is 5.11. The van der Waals surface area contributed by atoms with Gasteiger partial charge in [-0.2, -0.15) is 0 Å². The van der Waals surface area contributed by atoms with Gasteiger partial charge in [0.15, 0.2) is 0 Å². The lowest BCUT2D eigenvalue weighted by atomic mass is 9.95. The van der Waals surface area contributed by atoms with Crippen molar-refractivity contribution in [3.63, 3.8) is 0 Å². The molecule has 200 valence electrons. The summed E-state index contributed by atoms with van der Waals surface area (Å²) in [5.41, 5.74) is 9.34. The number of esters is 1. The number of amidine groups is 1. The van der Waals surface area contributed by atoms with E-state index in [2.05, 4.69) is 12.2 Å². The zero-order chi connectivity index (χ0) is 26.6. The molecule has 1 heterocycles. The minimum Gasteiger partial charge on any atom is -0.465 e. The number of nitrogens with two attached hydrogens (primary N) is 1. The quantitative estimate of drug-likeness (QED) is 0.151. The molecule has 1 saturated heterocycles. The van der Waals surface area contributed by atoms with E-state index in [1.165, 1.54) is 26.4 Å². The second kappa shape index (κ2) is 14.5. The van der Waals surface area contributed by atoms with E-state index >= 15 is 0 Å². The van der Waals surface area contributed by atoms with Crippen molar-refractivity contribution in [1.82, 2.24) is 10.2 Å². The maximum Gasteiger partial charge on any atom is 0.337 e. The Morgan fingerprint density at radius 1 is 1.03 bits per heavy atom. The molecule has 7 nitrogen and oxygen atoms in total. The number of hydrogen-bond acceptors (Lipinski definition) is 5. The summed E-state index contributed by atoms with van der Waals surface area (Å²) in [5.74, 6) is 0.223. The number of nitrogen functional groups attached to an aromatic ring is 1. The Hall–Kier alpha value is -3.19. The number of unbranched alkanes of at least 4 members (excludes halogenated alkanes) is 4. The molecule has 3 rings (SSSR count). The van der Waals surface area contributed by atoms with Crippen LogP contribution in [0.1, 0.15) is 79.8 Å². The molecule has 0 aromatic heterocycles. The van der Waals surface area contributed by atoms with Gasteiger partial charge in [-0.05, 0) is 79.2 Å². The number of carbonyl (C=O) groups is 2. The predicted molar refractivity (Wildman–Crippen MR) is 149 cm³/mol. The van der Waals surface area contributed by atoms with Gasteiger partial charge in [-0.15, -0.1) is 0 Å². The van der Waals surface area contributed by atoms with Crippen LogP contribution in [-0.4, -0.2) is 49.4 Å². The van der Waals surface area contributed by atoms with E-state index in [0.717, 1.165) is 62.0 Å². The number of hydrogen-bond donors (Lipinski definition) is 3. The summed E-state index contributed by atoms with van der Waals surface area (Å²) >= 11 is 0. The molecule has 37 heavy (non-hydrogen) atoms. The third-order valence-electron chi connectivity index (χ3n) is 7.08. The normalized spacial score (nSPS) is 13.8. The number of carbonyl (C=O) groups excluding carboxylic acids is 2. The largest absolute Gasteiger partial charge is 0.465 e. The molecule has 4 N–H and O–H groups in total. The van der Waals surface area contributed by atoms with Crippen molar-refractivity contribution in [2.75, 3.05) is 26.7 Å². The standard InChI is InChI=1S/C30H42N4O3/c1-3-4-5-6-7-11-28(35)34(20-22-12-14-33-15-13-22)21-23-16-26(19-27(17-23)30(36)37-2)24-9-8-10-25(18-24)29(31)32/h8-10,16-19,22,33H,3-7,11-15,20-21H2,1-2H3,(H3,31,32).